The molecule has 11 nitrogen and oxygen atoms in total. The number of carbonyl (C=O) groups is 4. The first-order chi connectivity index (χ1) is 22.3. The van der Waals surface area contributed by atoms with Crippen LogP contribution in [-0.4, -0.2) is 52.2 Å². The van der Waals surface area contributed by atoms with Crippen molar-refractivity contribution in [1.29, 1.82) is 0 Å². The largest absolute Gasteiger partial charge is 0.480 e. The maximum absolute atomic E-state index is 13.8. The number of fused-ring (bicyclic) bond motifs is 1. The molecule has 0 radical (unpaired) electrons. The molecule has 0 bridgehead atoms. The van der Waals surface area contributed by atoms with Gasteiger partial charge in [-0.15, -0.1) is 0 Å². The van der Waals surface area contributed by atoms with E-state index in [4.69, 9.17) is 4.74 Å². The number of hydrogen-bond donors (Lipinski definition) is 6. The van der Waals surface area contributed by atoms with Crippen LogP contribution in [0.3, 0.4) is 0 Å². The molecule has 1 fully saturated rings. The van der Waals surface area contributed by atoms with Gasteiger partial charge in [0.2, 0.25) is 5.91 Å². The number of hydrogen-bond acceptors (Lipinski definition) is 5. The molecule has 5 rings (SSSR count). The fraction of sp³-hybridized carbons (Fsp3) is 0.314. The van der Waals surface area contributed by atoms with Crippen molar-refractivity contribution in [2.24, 2.45) is 0 Å². The summed E-state index contributed by atoms with van der Waals surface area (Å²) < 4.78 is 5.42. The van der Waals surface area contributed by atoms with Crippen LogP contribution in [0.5, 0.6) is 0 Å². The number of carboxylic acid groups (broad SMARTS) is 1. The van der Waals surface area contributed by atoms with Gasteiger partial charge in [-0.25, -0.2) is 14.4 Å². The fourth-order valence-electron chi connectivity index (χ4n) is 5.86. The number of amides is 4. The van der Waals surface area contributed by atoms with E-state index in [0.717, 1.165) is 34.0 Å². The number of rotatable bonds is 12. The lowest BCUT2D eigenvalue weighted by molar-refractivity contribution is -0.145. The topological polar surface area (TPSA) is 162 Å². The Kier molecular flexibility index (Phi) is 10.5. The van der Waals surface area contributed by atoms with Crippen molar-refractivity contribution >= 4 is 34.9 Å². The number of aromatic nitrogens is 1. The number of carbonyl (C=O) groups excluding carboxylic acids is 3. The molecule has 11 heteroatoms. The van der Waals surface area contributed by atoms with Crippen molar-refractivity contribution < 1.29 is 29.0 Å². The summed E-state index contributed by atoms with van der Waals surface area (Å²) in [6.07, 6.45) is 4.21. The minimum atomic E-state index is -1.38. The highest BCUT2D eigenvalue weighted by Crippen LogP contribution is 2.28. The number of urea groups is 1. The third-order valence-corrected chi connectivity index (χ3v) is 8.38. The molecule has 1 aliphatic carbocycles. The highest BCUT2D eigenvalue weighted by Gasteiger charge is 2.41. The second-order valence-corrected chi connectivity index (χ2v) is 11.6. The normalized spacial score (nSPS) is 15.2. The number of aromatic amines is 1. The molecule has 240 valence electrons. The summed E-state index contributed by atoms with van der Waals surface area (Å²) in [4.78, 5) is 55.2. The van der Waals surface area contributed by atoms with Gasteiger partial charge in [0.15, 0.2) is 0 Å². The van der Waals surface area contributed by atoms with E-state index in [1.165, 1.54) is 0 Å². The molecule has 6 N–H and O–H groups in total. The lowest BCUT2D eigenvalue weighted by Crippen LogP contribution is -2.61. The zero-order valence-corrected chi connectivity index (χ0v) is 25.5. The summed E-state index contributed by atoms with van der Waals surface area (Å²) in [5.74, 6) is -1.58. The van der Waals surface area contributed by atoms with Gasteiger partial charge < -0.3 is 36.1 Å². The molecule has 46 heavy (non-hydrogen) atoms. The number of alkyl carbamates (subject to hydrolysis) is 1. The van der Waals surface area contributed by atoms with Gasteiger partial charge in [0.25, 0.3) is 0 Å². The van der Waals surface area contributed by atoms with Crippen LogP contribution in [0.2, 0.25) is 0 Å². The number of nitrogens with one attached hydrogen (secondary N) is 5. The predicted octanol–water partition coefficient (Wildman–Crippen LogP) is 4.95. The molecule has 4 amide bonds. The van der Waals surface area contributed by atoms with Crippen LogP contribution in [0.25, 0.3) is 10.9 Å². The molecule has 3 aromatic carbocycles. The van der Waals surface area contributed by atoms with Gasteiger partial charge >= 0.3 is 18.1 Å². The molecule has 0 aliphatic heterocycles. The standard InChI is InChI=1S/C35H39N5O6/c41-31(37-22-30(25-14-6-2-7-15-25)39-34(45)46-23-24-12-4-1-5-13-24)29(20-26-21-36-28-17-9-8-16-27(26)28)38-33(44)40-35(32(42)43)18-10-3-11-19-35/h1-2,4-9,12-17,21,29-30,36H,3,10-11,18-20,22-23H2,(H,37,41)(H,39,45)(H,42,43)(H2,38,40,44)/t29-,30+/m1/s1. The summed E-state index contributed by atoms with van der Waals surface area (Å²) in [6, 6.07) is 23.7. The van der Waals surface area contributed by atoms with Gasteiger partial charge in [0.1, 0.15) is 18.2 Å². The molecule has 1 aliphatic rings. The summed E-state index contributed by atoms with van der Waals surface area (Å²) in [7, 11) is 0. The Morgan fingerprint density at radius 1 is 0.848 bits per heavy atom. The van der Waals surface area contributed by atoms with Gasteiger partial charge in [-0.1, -0.05) is 98.1 Å². The van der Waals surface area contributed by atoms with Crippen molar-refractivity contribution in [1.82, 2.24) is 26.3 Å². The number of para-hydroxylation sites is 1. The number of carboxylic acids is 1. The van der Waals surface area contributed by atoms with E-state index in [0.29, 0.717) is 25.7 Å². The summed E-state index contributed by atoms with van der Waals surface area (Å²) >= 11 is 0. The molecule has 4 aromatic rings. The lowest BCUT2D eigenvalue weighted by atomic mass is 9.82. The first-order valence-electron chi connectivity index (χ1n) is 15.5. The zero-order valence-electron chi connectivity index (χ0n) is 25.5. The van der Waals surface area contributed by atoms with E-state index in [2.05, 4.69) is 26.3 Å². The minimum absolute atomic E-state index is 0.00995. The summed E-state index contributed by atoms with van der Waals surface area (Å²) in [5, 5.41) is 22.0. The second-order valence-electron chi connectivity index (χ2n) is 11.6. The van der Waals surface area contributed by atoms with Gasteiger partial charge in [0.05, 0.1) is 6.04 Å². The van der Waals surface area contributed by atoms with Crippen LogP contribution >= 0.6 is 0 Å². The zero-order chi connectivity index (χ0) is 32.4. The molecule has 0 unspecified atom stereocenters. The van der Waals surface area contributed by atoms with Crippen molar-refractivity contribution in [3.63, 3.8) is 0 Å². The Hall–Kier alpha value is -5.32. The second kappa shape index (κ2) is 15.1. The maximum Gasteiger partial charge on any atom is 0.408 e. The van der Waals surface area contributed by atoms with E-state index < -0.39 is 41.6 Å². The van der Waals surface area contributed by atoms with Crippen LogP contribution < -0.4 is 21.3 Å². The molecule has 0 spiro atoms. The molecule has 2 atom stereocenters. The van der Waals surface area contributed by atoms with Crippen LogP contribution in [-0.2, 0) is 27.4 Å². The van der Waals surface area contributed by atoms with Crippen molar-refractivity contribution in [3.05, 3.63) is 108 Å². The van der Waals surface area contributed by atoms with Gasteiger partial charge in [0, 0.05) is 30.1 Å². The van der Waals surface area contributed by atoms with E-state index in [9.17, 15) is 24.3 Å². The Labute approximate surface area is 267 Å². The van der Waals surface area contributed by atoms with Crippen molar-refractivity contribution in [2.45, 2.75) is 62.8 Å². The van der Waals surface area contributed by atoms with Crippen molar-refractivity contribution in [2.75, 3.05) is 6.54 Å². The molecule has 1 aromatic heterocycles. The van der Waals surface area contributed by atoms with Crippen LogP contribution in [0.4, 0.5) is 9.59 Å². The van der Waals surface area contributed by atoms with Gasteiger partial charge in [-0.2, -0.15) is 0 Å². The predicted molar refractivity (Wildman–Crippen MR) is 173 cm³/mol. The van der Waals surface area contributed by atoms with E-state index >= 15 is 0 Å². The van der Waals surface area contributed by atoms with Crippen LogP contribution in [0.1, 0.15) is 54.8 Å². The Bertz CT molecular complexity index is 1640. The fourth-order valence-corrected chi connectivity index (χ4v) is 5.86. The number of ether oxygens (including phenoxy) is 1. The highest BCUT2D eigenvalue weighted by molar-refractivity contribution is 5.91. The quantitative estimate of drug-likeness (QED) is 0.131. The third kappa shape index (κ3) is 8.23. The first-order valence-corrected chi connectivity index (χ1v) is 15.5. The third-order valence-electron chi connectivity index (χ3n) is 8.38. The van der Waals surface area contributed by atoms with Crippen molar-refractivity contribution in [3.8, 4) is 0 Å². The monoisotopic (exact) mass is 625 g/mol. The average molecular weight is 626 g/mol. The van der Waals surface area contributed by atoms with E-state index in [1.54, 1.807) is 6.20 Å². The molecular weight excluding hydrogens is 586 g/mol. The smallest absolute Gasteiger partial charge is 0.408 e. The Morgan fingerprint density at radius 2 is 1.52 bits per heavy atom. The SMILES string of the molecule is O=C(N[C@H](Cc1c[nH]c2ccccc12)C(=O)NC[C@H](NC(=O)OCc1ccccc1)c1ccccc1)NC1(C(=O)O)CCCCC1. The molecule has 1 saturated carbocycles. The maximum atomic E-state index is 13.8. The summed E-state index contributed by atoms with van der Waals surface area (Å²) in [5.41, 5.74) is 1.90. The van der Waals surface area contributed by atoms with Gasteiger partial charge in [-0.3, -0.25) is 4.79 Å². The van der Waals surface area contributed by atoms with Crippen LogP contribution in [0, 0.1) is 0 Å². The molecule has 1 heterocycles. The lowest BCUT2D eigenvalue weighted by Gasteiger charge is -2.34. The number of H-pyrrole nitrogens is 1. The Morgan fingerprint density at radius 3 is 2.24 bits per heavy atom. The number of benzene rings is 3. The first kappa shape index (κ1) is 32.1. The van der Waals surface area contributed by atoms with Gasteiger partial charge in [-0.05, 0) is 35.6 Å². The number of aliphatic carboxylic acids is 1. The van der Waals surface area contributed by atoms with E-state index in [1.807, 2.05) is 84.9 Å². The Balaban J connectivity index is 1.30. The van der Waals surface area contributed by atoms with Crippen LogP contribution in [0.15, 0.2) is 91.1 Å². The minimum Gasteiger partial charge on any atom is -0.480 e. The summed E-state index contributed by atoms with van der Waals surface area (Å²) in [6.45, 7) is 0.0974. The highest BCUT2D eigenvalue weighted by atomic mass is 16.5. The average Bonchev–Trinajstić information content (AvgIpc) is 3.49. The molecular formula is C35H39N5O6. The molecule has 0 saturated heterocycles. The van der Waals surface area contributed by atoms with E-state index in [-0.39, 0.29) is 19.6 Å².